The third-order valence-electron chi connectivity index (χ3n) is 4.49. The molecule has 0 aliphatic carbocycles. The number of fused-ring (bicyclic) bond motifs is 1. The van der Waals surface area contributed by atoms with E-state index in [1.807, 2.05) is 35.7 Å². The van der Waals surface area contributed by atoms with Crippen molar-refractivity contribution in [3.05, 3.63) is 80.9 Å². The van der Waals surface area contributed by atoms with E-state index in [9.17, 15) is 9.59 Å². The van der Waals surface area contributed by atoms with Gasteiger partial charge in [0.15, 0.2) is 5.16 Å². The number of anilines is 1. The molecule has 2 aromatic heterocycles. The van der Waals surface area contributed by atoms with Crippen LogP contribution in [0.3, 0.4) is 0 Å². The third-order valence-corrected chi connectivity index (χ3v) is 6.60. The summed E-state index contributed by atoms with van der Waals surface area (Å²) in [6.45, 7) is 0.294. The second-order valence-corrected chi connectivity index (χ2v) is 8.87. The first-order valence-electron chi connectivity index (χ1n) is 9.33. The van der Waals surface area contributed by atoms with Crippen LogP contribution in [0.25, 0.3) is 10.2 Å². The second kappa shape index (κ2) is 9.55. The summed E-state index contributed by atoms with van der Waals surface area (Å²) >= 11 is 8.54. The maximum Gasteiger partial charge on any atom is 0.272 e. The fourth-order valence-electron chi connectivity index (χ4n) is 3.07. The smallest absolute Gasteiger partial charge is 0.272 e. The monoisotopic (exact) mass is 471 g/mol. The van der Waals surface area contributed by atoms with E-state index in [-0.39, 0.29) is 17.2 Å². The van der Waals surface area contributed by atoms with E-state index in [4.69, 9.17) is 16.3 Å². The highest BCUT2D eigenvalue weighted by atomic mass is 35.5. The first-order chi connectivity index (χ1) is 15.0. The number of amides is 1. The summed E-state index contributed by atoms with van der Waals surface area (Å²) in [6.07, 6.45) is 0. The Hall–Kier alpha value is -2.81. The number of halogens is 1. The normalized spacial score (nSPS) is 10.9. The standard InChI is InChI=1S/C22H18ClN3O3S2/c1-29-18-8-3-2-5-14(18)12-26-21(28)20-17(9-10-30-20)25-22(26)31-13-19(27)24-16-7-4-6-15(23)11-16/h2-11H,12-13H2,1H3,(H,24,27). The number of hydrogen-bond donors (Lipinski definition) is 1. The molecule has 2 heterocycles. The molecular weight excluding hydrogens is 454 g/mol. The minimum Gasteiger partial charge on any atom is -0.496 e. The highest BCUT2D eigenvalue weighted by molar-refractivity contribution is 7.99. The third kappa shape index (κ3) is 4.92. The molecule has 31 heavy (non-hydrogen) atoms. The molecule has 0 radical (unpaired) electrons. The molecule has 6 nitrogen and oxygen atoms in total. The van der Waals surface area contributed by atoms with Gasteiger partial charge in [-0.1, -0.05) is 47.6 Å². The SMILES string of the molecule is COc1ccccc1Cn1c(SCC(=O)Nc2cccc(Cl)c2)nc2ccsc2c1=O. The van der Waals surface area contributed by atoms with E-state index in [1.54, 1.807) is 35.9 Å². The summed E-state index contributed by atoms with van der Waals surface area (Å²) < 4.78 is 7.61. The van der Waals surface area contributed by atoms with Crippen molar-refractivity contribution >= 4 is 56.5 Å². The van der Waals surface area contributed by atoms with Gasteiger partial charge in [0.1, 0.15) is 10.4 Å². The summed E-state index contributed by atoms with van der Waals surface area (Å²) in [7, 11) is 1.60. The zero-order chi connectivity index (χ0) is 21.8. The van der Waals surface area contributed by atoms with Crippen molar-refractivity contribution in [1.82, 2.24) is 9.55 Å². The number of nitrogens with zero attached hydrogens (tertiary/aromatic N) is 2. The average Bonchev–Trinajstić information content (AvgIpc) is 3.24. The number of benzene rings is 2. The molecule has 0 atom stereocenters. The van der Waals surface area contributed by atoms with E-state index in [2.05, 4.69) is 10.3 Å². The molecule has 0 aliphatic rings. The molecular formula is C22H18ClN3O3S2. The van der Waals surface area contributed by atoms with Gasteiger partial charge in [-0.3, -0.25) is 14.2 Å². The van der Waals surface area contributed by atoms with Crippen molar-refractivity contribution < 1.29 is 9.53 Å². The first-order valence-corrected chi connectivity index (χ1v) is 11.6. The molecule has 0 unspecified atom stereocenters. The summed E-state index contributed by atoms with van der Waals surface area (Å²) in [4.78, 5) is 30.2. The van der Waals surface area contributed by atoms with Gasteiger partial charge in [-0.2, -0.15) is 0 Å². The molecule has 9 heteroatoms. The zero-order valence-corrected chi connectivity index (χ0v) is 18.9. The molecule has 0 fully saturated rings. The minimum atomic E-state index is -0.212. The number of hydrogen-bond acceptors (Lipinski definition) is 6. The highest BCUT2D eigenvalue weighted by Gasteiger charge is 2.16. The number of nitrogens with one attached hydrogen (secondary N) is 1. The van der Waals surface area contributed by atoms with E-state index in [0.717, 1.165) is 5.56 Å². The fraction of sp³-hybridized carbons (Fsp3) is 0.136. The molecule has 4 rings (SSSR count). The number of rotatable bonds is 7. The minimum absolute atomic E-state index is 0.0977. The Labute approximate surface area is 191 Å². The van der Waals surface area contributed by atoms with Crippen LogP contribution in [0.15, 0.2) is 69.9 Å². The summed E-state index contributed by atoms with van der Waals surface area (Å²) in [5.41, 5.74) is 1.97. The zero-order valence-electron chi connectivity index (χ0n) is 16.5. The van der Waals surface area contributed by atoms with Crippen LogP contribution in [-0.4, -0.2) is 28.3 Å². The van der Waals surface area contributed by atoms with Gasteiger partial charge in [0, 0.05) is 16.3 Å². The van der Waals surface area contributed by atoms with Gasteiger partial charge < -0.3 is 10.1 Å². The molecule has 4 aromatic rings. The van der Waals surface area contributed by atoms with E-state index < -0.39 is 0 Å². The molecule has 0 aliphatic heterocycles. The lowest BCUT2D eigenvalue weighted by Gasteiger charge is -2.14. The van der Waals surface area contributed by atoms with Gasteiger partial charge in [-0.05, 0) is 35.7 Å². The van der Waals surface area contributed by atoms with Crippen LogP contribution in [0.2, 0.25) is 5.02 Å². The fourth-order valence-corrected chi connectivity index (χ4v) is 4.84. The van der Waals surface area contributed by atoms with Gasteiger partial charge in [0.25, 0.3) is 5.56 Å². The van der Waals surface area contributed by atoms with Crippen molar-refractivity contribution in [1.29, 1.82) is 0 Å². The van der Waals surface area contributed by atoms with Gasteiger partial charge in [-0.25, -0.2) is 4.98 Å². The van der Waals surface area contributed by atoms with Crippen LogP contribution in [0, 0.1) is 0 Å². The van der Waals surface area contributed by atoms with Gasteiger partial charge in [0.05, 0.1) is 24.9 Å². The molecule has 0 bridgehead atoms. The van der Waals surface area contributed by atoms with Gasteiger partial charge in [-0.15, -0.1) is 11.3 Å². The number of aromatic nitrogens is 2. The lowest BCUT2D eigenvalue weighted by atomic mass is 10.2. The Morgan fingerprint density at radius 3 is 2.87 bits per heavy atom. The number of ether oxygens (including phenoxy) is 1. The molecule has 0 saturated heterocycles. The molecule has 2 aromatic carbocycles. The molecule has 0 saturated carbocycles. The van der Waals surface area contributed by atoms with E-state index in [0.29, 0.717) is 38.4 Å². The van der Waals surface area contributed by atoms with Crippen LogP contribution in [0.1, 0.15) is 5.56 Å². The Balaban J connectivity index is 1.61. The maximum absolute atomic E-state index is 13.2. The van der Waals surface area contributed by atoms with Crippen LogP contribution < -0.4 is 15.6 Å². The van der Waals surface area contributed by atoms with Crippen molar-refractivity contribution in [2.45, 2.75) is 11.7 Å². The first kappa shape index (κ1) is 21.4. The number of carbonyl (C=O) groups is 1. The van der Waals surface area contributed by atoms with Gasteiger partial charge >= 0.3 is 0 Å². The van der Waals surface area contributed by atoms with Crippen molar-refractivity contribution in [2.24, 2.45) is 0 Å². The van der Waals surface area contributed by atoms with Crippen LogP contribution in [0.5, 0.6) is 5.75 Å². The maximum atomic E-state index is 13.2. The quantitative estimate of drug-likeness (QED) is 0.306. The summed E-state index contributed by atoms with van der Waals surface area (Å²) in [6, 6.07) is 16.3. The van der Waals surface area contributed by atoms with Crippen molar-refractivity contribution in [3.8, 4) is 5.75 Å². The highest BCUT2D eigenvalue weighted by Crippen LogP contribution is 2.24. The topological polar surface area (TPSA) is 73.2 Å². The second-order valence-electron chi connectivity index (χ2n) is 6.58. The Morgan fingerprint density at radius 2 is 2.06 bits per heavy atom. The Bertz CT molecular complexity index is 1300. The van der Waals surface area contributed by atoms with E-state index >= 15 is 0 Å². The van der Waals surface area contributed by atoms with Crippen LogP contribution in [-0.2, 0) is 11.3 Å². The van der Waals surface area contributed by atoms with Crippen LogP contribution in [0.4, 0.5) is 5.69 Å². The summed E-state index contributed by atoms with van der Waals surface area (Å²) in [5.74, 6) is 0.576. The van der Waals surface area contributed by atoms with Gasteiger partial charge in [0.2, 0.25) is 5.91 Å². The number of thiophene rings is 1. The molecule has 0 spiro atoms. The predicted molar refractivity (Wildman–Crippen MR) is 127 cm³/mol. The number of thioether (sulfide) groups is 1. The number of para-hydroxylation sites is 1. The Morgan fingerprint density at radius 1 is 1.23 bits per heavy atom. The number of carbonyl (C=O) groups excluding carboxylic acids is 1. The average molecular weight is 472 g/mol. The van der Waals surface area contributed by atoms with Crippen LogP contribution >= 0.6 is 34.7 Å². The lowest BCUT2D eigenvalue weighted by Crippen LogP contribution is -2.24. The molecule has 1 N–H and O–H groups in total. The molecule has 158 valence electrons. The predicted octanol–water partition coefficient (Wildman–Crippen LogP) is 4.90. The lowest BCUT2D eigenvalue weighted by molar-refractivity contribution is -0.113. The Kier molecular flexibility index (Phi) is 6.60. The number of methoxy groups -OCH3 is 1. The summed E-state index contributed by atoms with van der Waals surface area (Å²) in [5, 5.41) is 5.67. The largest absolute Gasteiger partial charge is 0.496 e. The van der Waals surface area contributed by atoms with E-state index in [1.165, 1.54) is 23.1 Å². The van der Waals surface area contributed by atoms with Crippen molar-refractivity contribution in [3.63, 3.8) is 0 Å². The van der Waals surface area contributed by atoms with Crippen molar-refractivity contribution in [2.75, 3.05) is 18.2 Å². The molecule has 1 amide bonds.